The molecule has 0 bridgehead atoms. The number of carbonyl (C=O) groups is 2. The molecule has 34 heavy (non-hydrogen) atoms. The smallest absolute Gasteiger partial charge is 0.243 e. The Balaban J connectivity index is 1.85. The van der Waals surface area contributed by atoms with Gasteiger partial charge in [0.05, 0.1) is 5.75 Å². The van der Waals surface area contributed by atoms with Crippen molar-refractivity contribution in [1.82, 2.24) is 10.2 Å². The molecule has 0 aliphatic rings. The zero-order chi connectivity index (χ0) is 24.3. The van der Waals surface area contributed by atoms with Gasteiger partial charge in [-0.25, -0.2) is 0 Å². The predicted octanol–water partition coefficient (Wildman–Crippen LogP) is 5.85. The highest BCUT2D eigenvalue weighted by Gasteiger charge is 2.30. The Kier molecular flexibility index (Phi) is 10.2. The predicted molar refractivity (Wildman–Crippen MR) is 145 cm³/mol. The van der Waals surface area contributed by atoms with Gasteiger partial charge in [-0.05, 0) is 42.7 Å². The van der Waals surface area contributed by atoms with Gasteiger partial charge in [-0.2, -0.15) is 0 Å². The Morgan fingerprint density at radius 2 is 1.50 bits per heavy atom. The van der Waals surface area contributed by atoms with Gasteiger partial charge in [-0.1, -0.05) is 88.7 Å². The van der Waals surface area contributed by atoms with Crippen LogP contribution in [0, 0.1) is 0 Å². The highest BCUT2D eigenvalue weighted by molar-refractivity contribution is 9.10. The van der Waals surface area contributed by atoms with Crippen LogP contribution in [0.2, 0.25) is 0 Å². The summed E-state index contributed by atoms with van der Waals surface area (Å²) in [6, 6.07) is 27.3. The van der Waals surface area contributed by atoms with Crippen molar-refractivity contribution in [2.75, 3.05) is 5.75 Å². The zero-order valence-electron chi connectivity index (χ0n) is 19.6. The van der Waals surface area contributed by atoms with E-state index in [-0.39, 0.29) is 17.9 Å². The molecule has 0 heterocycles. The van der Waals surface area contributed by atoms with E-state index in [1.165, 1.54) is 5.56 Å². The number of halogens is 1. The Bertz CT molecular complexity index is 1060. The Hall–Kier alpha value is -2.57. The quantitative estimate of drug-likeness (QED) is 0.333. The average molecular weight is 540 g/mol. The van der Waals surface area contributed by atoms with Crippen LogP contribution >= 0.6 is 27.7 Å². The molecule has 1 N–H and O–H groups in total. The van der Waals surface area contributed by atoms with E-state index in [0.29, 0.717) is 18.7 Å². The summed E-state index contributed by atoms with van der Waals surface area (Å²) < 4.78 is 0.946. The van der Waals surface area contributed by atoms with Crippen molar-refractivity contribution in [3.63, 3.8) is 0 Å². The normalized spacial score (nSPS) is 11.8. The van der Waals surface area contributed by atoms with Gasteiger partial charge < -0.3 is 10.2 Å². The van der Waals surface area contributed by atoms with Gasteiger partial charge in [-0.15, -0.1) is 11.8 Å². The molecule has 3 rings (SSSR count). The monoisotopic (exact) mass is 538 g/mol. The van der Waals surface area contributed by atoms with E-state index >= 15 is 0 Å². The first-order chi connectivity index (χ1) is 16.4. The fourth-order valence-corrected chi connectivity index (χ4v) is 5.00. The molecule has 0 aromatic heterocycles. The molecule has 3 aromatic carbocycles. The third kappa shape index (κ3) is 8.33. The van der Waals surface area contributed by atoms with Crippen LogP contribution in [0.4, 0.5) is 0 Å². The first kappa shape index (κ1) is 26.0. The van der Waals surface area contributed by atoms with Gasteiger partial charge in [0.15, 0.2) is 0 Å². The average Bonchev–Trinajstić information content (AvgIpc) is 2.82. The number of nitrogens with zero attached hydrogens (tertiary/aromatic N) is 1. The van der Waals surface area contributed by atoms with Crippen LogP contribution in [0.15, 0.2) is 89.4 Å². The van der Waals surface area contributed by atoms with Crippen LogP contribution in [0.3, 0.4) is 0 Å². The lowest BCUT2D eigenvalue weighted by molar-refractivity contribution is -0.139. The molecule has 0 radical (unpaired) electrons. The van der Waals surface area contributed by atoms with Gasteiger partial charge in [-0.3, -0.25) is 9.59 Å². The van der Waals surface area contributed by atoms with E-state index in [1.807, 2.05) is 86.6 Å². The van der Waals surface area contributed by atoms with Crippen LogP contribution in [0.1, 0.15) is 30.5 Å². The van der Waals surface area contributed by atoms with Crippen LogP contribution in [-0.2, 0) is 28.3 Å². The summed E-state index contributed by atoms with van der Waals surface area (Å²) in [5.41, 5.74) is 3.18. The molecule has 0 aliphatic carbocycles. The second-order valence-electron chi connectivity index (χ2n) is 8.50. The summed E-state index contributed by atoms with van der Waals surface area (Å²) in [6.45, 7) is 4.24. The molecule has 0 fully saturated rings. The van der Waals surface area contributed by atoms with Crippen LogP contribution in [0.25, 0.3) is 0 Å². The molecule has 0 unspecified atom stereocenters. The molecule has 6 heteroatoms. The van der Waals surface area contributed by atoms with Gasteiger partial charge in [0.1, 0.15) is 6.04 Å². The molecule has 0 spiro atoms. The number of amides is 2. The Morgan fingerprint density at radius 3 is 2.12 bits per heavy atom. The number of carbonyl (C=O) groups excluding carboxylic acids is 2. The molecule has 1 atom stereocenters. The highest BCUT2D eigenvalue weighted by Crippen LogP contribution is 2.20. The number of nitrogens with one attached hydrogen (secondary N) is 1. The summed E-state index contributed by atoms with van der Waals surface area (Å²) in [7, 11) is 0. The lowest BCUT2D eigenvalue weighted by Gasteiger charge is -2.32. The SMILES string of the molecule is CC(C)NC(=O)[C@@H](Cc1ccccc1)N(Cc1cccc(Br)c1)C(=O)CSCc1ccccc1. The Labute approximate surface area is 215 Å². The van der Waals surface area contributed by atoms with Crippen molar-refractivity contribution >= 4 is 39.5 Å². The van der Waals surface area contributed by atoms with E-state index in [1.54, 1.807) is 16.7 Å². The van der Waals surface area contributed by atoms with E-state index < -0.39 is 6.04 Å². The van der Waals surface area contributed by atoms with E-state index in [2.05, 4.69) is 33.4 Å². The molecule has 0 saturated carbocycles. The second kappa shape index (κ2) is 13.4. The molecule has 0 saturated heterocycles. The fourth-order valence-electron chi connectivity index (χ4n) is 3.68. The highest BCUT2D eigenvalue weighted by atomic mass is 79.9. The van der Waals surface area contributed by atoms with Crippen molar-refractivity contribution in [1.29, 1.82) is 0 Å². The second-order valence-corrected chi connectivity index (χ2v) is 10.4. The zero-order valence-corrected chi connectivity index (χ0v) is 22.0. The maximum atomic E-state index is 13.6. The lowest BCUT2D eigenvalue weighted by atomic mass is 10.0. The van der Waals surface area contributed by atoms with Crippen molar-refractivity contribution in [2.45, 2.75) is 44.6 Å². The summed E-state index contributed by atoms with van der Waals surface area (Å²) >= 11 is 5.10. The number of hydrogen-bond acceptors (Lipinski definition) is 3. The maximum Gasteiger partial charge on any atom is 0.243 e. The van der Waals surface area contributed by atoms with Gasteiger partial charge in [0.25, 0.3) is 0 Å². The van der Waals surface area contributed by atoms with Gasteiger partial charge in [0.2, 0.25) is 11.8 Å². The fraction of sp³-hybridized carbons (Fsp3) is 0.286. The van der Waals surface area contributed by atoms with Crippen molar-refractivity contribution in [3.05, 3.63) is 106 Å². The van der Waals surface area contributed by atoms with Crippen molar-refractivity contribution in [2.24, 2.45) is 0 Å². The largest absolute Gasteiger partial charge is 0.352 e. The van der Waals surface area contributed by atoms with E-state index in [4.69, 9.17) is 0 Å². The van der Waals surface area contributed by atoms with Crippen molar-refractivity contribution < 1.29 is 9.59 Å². The minimum Gasteiger partial charge on any atom is -0.352 e. The molecule has 4 nitrogen and oxygen atoms in total. The summed E-state index contributed by atoms with van der Waals surface area (Å²) in [5.74, 6) is 0.887. The molecular formula is C28H31BrN2O2S. The molecule has 0 aliphatic heterocycles. The minimum atomic E-state index is -0.603. The maximum absolute atomic E-state index is 13.6. The number of thioether (sulfide) groups is 1. The number of benzene rings is 3. The van der Waals surface area contributed by atoms with Crippen LogP contribution < -0.4 is 5.32 Å². The number of hydrogen-bond donors (Lipinski definition) is 1. The van der Waals surface area contributed by atoms with E-state index in [0.717, 1.165) is 21.4 Å². The summed E-state index contributed by atoms with van der Waals surface area (Å²) in [4.78, 5) is 28.6. The molecular weight excluding hydrogens is 508 g/mol. The lowest BCUT2D eigenvalue weighted by Crippen LogP contribution is -2.52. The van der Waals surface area contributed by atoms with E-state index in [9.17, 15) is 9.59 Å². The number of rotatable bonds is 11. The summed E-state index contributed by atoms with van der Waals surface area (Å²) in [5, 5.41) is 3.03. The van der Waals surface area contributed by atoms with Crippen molar-refractivity contribution in [3.8, 4) is 0 Å². The van der Waals surface area contributed by atoms with Crippen LogP contribution in [0.5, 0.6) is 0 Å². The van der Waals surface area contributed by atoms with Gasteiger partial charge in [0, 0.05) is 29.2 Å². The third-order valence-electron chi connectivity index (χ3n) is 5.28. The van der Waals surface area contributed by atoms with Gasteiger partial charge >= 0.3 is 0 Å². The molecule has 178 valence electrons. The first-order valence-corrected chi connectivity index (χ1v) is 13.4. The topological polar surface area (TPSA) is 49.4 Å². The minimum absolute atomic E-state index is 0.0129. The standard InChI is InChI=1S/C28H31BrN2O2S/c1-21(2)30-28(33)26(17-22-10-5-3-6-11-22)31(18-24-14-9-15-25(29)16-24)27(32)20-34-19-23-12-7-4-8-13-23/h3-16,21,26H,17-20H2,1-2H3,(H,30,33)/t26-/m1/s1. The molecule has 2 amide bonds. The Morgan fingerprint density at radius 1 is 0.882 bits per heavy atom. The van der Waals surface area contributed by atoms with Crippen LogP contribution in [-0.4, -0.2) is 34.6 Å². The molecule has 3 aromatic rings. The first-order valence-electron chi connectivity index (χ1n) is 11.4. The third-order valence-corrected chi connectivity index (χ3v) is 6.76. The summed E-state index contributed by atoms with van der Waals surface area (Å²) in [6.07, 6.45) is 0.461.